The van der Waals surface area contributed by atoms with Crippen LogP contribution in [0.5, 0.6) is 0 Å². The fourth-order valence-electron chi connectivity index (χ4n) is 1.13. The third-order valence-electron chi connectivity index (χ3n) is 1.82. The first kappa shape index (κ1) is 13.1. The Morgan fingerprint density at radius 1 is 1.31 bits per heavy atom. The van der Waals surface area contributed by atoms with Gasteiger partial charge in [-0.1, -0.05) is 25.1 Å². The van der Waals surface area contributed by atoms with Crippen LogP contribution in [0.3, 0.4) is 0 Å². The van der Waals surface area contributed by atoms with Crippen molar-refractivity contribution in [2.24, 2.45) is 11.7 Å². The summed E-state index contributed by atoms with van der Waals surface area (Å²) >= 11 is 0.0476. The molecule has 80 valence electrons. The molecule has 0 spiro atoms. The molecule has 0 rings (SSSR count). The van der Waals surface area contributed by atoms with E-state index in [0.717, 1.165) is 12.8 Å². The lowest BCUT2D eigenvalue weighted by atomic mass is 10.0. The largest absolute Gasteiger partial charge is 0.441 e. The minimum Gasteiger partial charge on any atom is -0.330 e. The van der Waals surface area contributed by atoms with Crippen LogP contribution in [0.2, 0.25) is 0 Å². The zero-order chi connectivity index (χ0) is 10.3. The molecule has 0 radical (unpaired) electrons. The lowest BCUT2D eigenvalue weighted by molar-refractivity contribution is -0.0328. The zero-order valence-electron chi connectivity index (χ0n) is 7.73. The van der Waals surface area contributed by atoms with E-state index in [1.807, 2.05) is 6.92 Å². The van der Waals surface area contributed by atoms with Gasteiger partial charge in [-0.25, -0.2) is 0 Å². The van der Waals surface area contributed by atoms with Gasteiger partial charge >= 0.3 is 5.51 Å². The van der Waals surface area contributed by atoms with Gasteiger partial charge in [0.25, 0.3) is 0 Å². The van der Waals surface area contributed by atoms with Crippen LogP contribution in [0.4, 0.5) is 13.2 Å². The van der Waals surface area contributed by atoms with Crippen LogP contribution in [-0.4, -0.2) is 17.8 Å². The Labute approximate surface area is 81.3 Å². The highest BCUT2D eigenvalue weighted by Gasteiger charge is 2.27. The molecule has 0 aromatic heterocycles. The molecule has 1 nitrogen and oxygen atoms in total. The van der Waals surface area contributed by atoms with E-state index in [2.05, 4.69) is 0 Å². The highest BCUT2D eigenvalue weighted by molar-refractivity contribution is 8.00. The first-order valence-electron chi connectivity index (χ1n) is 4.40. The van der Waals surface area contributed by atoms with Gasteiger partial charge in [-0.05, 0) is 25.3 Å². The predicted octanol–water partition coefficient (Wildman–Crippen LogP) is 3.00. The number of halogens is 3. The van der Waals surface area contributed by atoms with Gasteiger partial charge in [-0.15, -0.1) is 0 Å². The first-order valence-corrected chi connectivity index (χ1v) is 5.39. The van der Waals surface area contributed by atoms with E-state index in [9.17, 15) is 13.2 Å². The summed E-state index contributed by atoms with van der Waals surface area (Å²) in [4.78, 5) is 0. The van der Waals surface area contributed by atoms with Crippen molar-refractivity contribution in [1.82, 2.24) is 0 Å². The molecule has 0 saturated carbocycles. The van der Waals surface area contributed by atoms with E-state index in [1.54, 1.807) is 0 Å². The molecule has 0 aromatic rings. The molecule has 0 aromatic carbocycles. The normalized spacial score (nSPS) is 14.5. The zero-order valence-corrected chi connectivity index (χ0v) is 8.55. The van der Waals surface area contributed by atoms with Crippen LogP contribution in [0, 0.1) is 5.92 Å². The van der Waals surface area contributed by atoms with Gasteiger partial charge in [0.2, 0.25) is 0 Å². The summed E-state index contributed by atoms with van der Waals surface area (Å²) in [6.45, 7) is 2.51. The number of nitrogens with two attached hydrogens (primary N) is 1. The highest BCUT2D eigenvalue weighted by Crippen LogP contribution is 2.31. The maximum absolute atomic E-state index is 11.7. The second kappa shape index (κ2) is 6.54. The van der Waals surface area contributed by atoms with E-state index in [4.69, 9.17) is 5.73 Å². The van der Waals surface area contributed by atoms with E-state index in [-0.39, 0.29) is 23.4 Å². The molecule has 0 aliphatic heterocycles. The number of hydrogen-bond acceptors (Lipinski definition) is 2. The van der Waals surface area contributed by atoms with Crippen molar-refractivity contribution < 1.29 is 13.2 Å². The average molecular weight is 215 g/mol. The maximum atomic E-state index is 11.7. The van der Waals surface area contributed by atoms with Crippen molar-refractivity contribution in [1.29, 1.82) is 0 Å². The van der Waals surface area contributed by atoms with Crippen molar-refractivity contribution in [3.05, 3.63) is 0 Å². The predicted molar refractivity (Wildman–Crippen MR) is 50.6 cm³/mol. The molecule has 1 atom stereocenters. The monoisotopic (exact) mass is 215 g/mol. The topological polar surface area (TPSA) is 26.0 Å². The van der Waals surface area contributed by atoms with Crippen LogP contribution in [0.1, 0.15) is 26.2 Å². The van der Waals surface area contributed by atoms with Crippen LogP contribution < -0.4 is 5.73 Å². The van der Waals surface area contributed by atoms with Crippen molar-refractivity contribution in [3.8, 4) is 0 Å². The Morgan fingerprint density at radius 2 is 1.92 bits per heavy atom. The number of hydrogen-bond donors (Lipinski definition) is 1. The smallest absolute Gasteiger partial charge is 0.330 e. The molecule has 0 amide bonds. The van der Waals surface area contributed by atoms with Crippen LogP contribution in [-0.2, 0) is 0 Å². The van der Waals surface area contributed by atoms with Crippen molar-refractivity contribution >= 4 is 11.8 Å². The summed E-state index contributed by atoms with van der Waals surface area (Å²) in [7, 11) is 0. The van der Waals surface area contributed by atoms with Gasteiger partial charge in [0.1, 0.15) is 0 Å². The Morgan fingerprint density at radius 3 is 2.31 bits per heavy atom. The minimum atomic E-state index is -4.09. The van der Waals surface area contributed by atoms with E-state index in [0.29, 0.717) is 13.0 Å². The fraction of sp³-hybridized carbons (Fsp3) is 1.00. The molecule has 0 fully saturated rings. The summed E-state index contributed by atoms with van der Waals surface area (Å²) in [6, 6.07) is 0. The quantitative estimate of drug-likeness (QED) is 0.737. The molecular weight excluding hydrogens is 199 g/mol. The summed E-state index contributed by atoms with van der Waals surface area (Å²) < 4.78 is 35.2. The Balaban J connectivity index is 3.49. The molecule has 0 aliphatic rings. The van der Waals surface area contributed by atoms with Crippen molar-refractivity contribution in [3.63, 3.8) is 0 Å². The van der Waals surface area contributed by atoms with E-state index < -0.39 is 5.51 Å². The van der Waals surface area contributed by atoms with Crippen LogP contribution in [0.25, 0.3) is 0 Å². The molecule has 5 heteroatoms. The summed E-state index contributed by atoms with van der Waals surface area (Å²) in [6.07, 6.45) is 2.47. The number of rotatable bonds is 6. The summed E-state index contributed by atoms with van der Waals surface area (Å²) in [5.74, 6) is 0.380. The SMILES string of the molecule is CCCC(CN)CCSC(F)(F)F. The maximum Gasteiger partial charge on any atom is 0.441 e. The molecule has 0 heterocycles. The van der Waals surface area contributed by atoms with Gasteiger partial charge < -0.3 is 5.73 Å². The molecule has 0 saturated heterocycles. The standard InChI is InChI=1S/C8H16F3NS/c1-2-3-7(6-12)4-5-13-8(9,10)11/h7H,2-6,12H2,1H3. The number of thioether (sulfide) groups is 1. The third-order valence-corrected chi connectivity index (χ3v) is 2.59. The van der Waals surface area contributed by atoms with E-state index >= 15 is 0 Å². The van der Waals surface area contributed by atoms with Gasteiger partial charge in [-0.2, -0.15) is 13.2 Å². The molecule has 2 N–H and O–H groups in total. The van der Waals surface area contributed by atoms with Crippen LogP contribution >= 0.6 is 11.8 Å². The summed E-state index contributed by atoms with van der Waals surface area (Å²) in [5, 5.41) is 0. The molecular formula is C8H16F3NS. The van der Waals surface area contributed by atoms with Crippen molar-refractivity contribution in [2.45, 2.75) is 31.7 Å². The first-order chi connectivity index (χ1) is 5.99. The fourth-order valence-corrected chi connectivity index (χ4v) is 1.81. The van der Waals surface area contributed by atoms with Gasteiger partial charge in [-0.3, -0.25) is 0 Å². The molecule has 0 bridgehead atoms. The molecule has 0 aliphatic carbocycles. The number of alkyl halides is 3. The summed E-state index contributed by atoms with van der Waals surface area (Å²) in [5.41, 5.74) is 1.33. The van der Waals surface area contributed by atoms with Crippen LogP contribution in [0.15, 0.2) is 0 Å². The Kier molecular flexibility index (Phi) is 6.59. The Bertz CT molecular complexity index is 127. The minimum absolute atomic E-state index is 0.0476. The lowest BCUT2D eigenvalue weighted by Gasteiger charge is -2.13. The third kappa shape index (κ3) is 8.43. The van der Waals surface area contributed by atoms with Gasteiger partial charge in [0, 0.05) is 5.75 Å². The average Bonchev–Trinajstić information content (AvgIpc) is 2.01. The second-order valence-corrected chi connectivity index (χ2v) is 4.13. The lowest BCUT2D eigenvalue weighted by Crippen LogP contribution is -2.15. The molecule has 1 unspecified atom stereocenters. The van der Waals surface area contributed by atoms with Gasteiger partial charge in [0.05, 0.1) is 0 Å². The van der Waals surface area contributed by atoms with Crippen molar-refractivity contribution in [2.75, 3.05) is 12.3 Å². The Hall–Kier alpha value is 0.100. The van der Waals surface area contributed by atoms with Gasteiger partial charge in [0.15, 0.2) is 0 Å². The van der Waals surface area contributed by atoms with E-state index in [1.165, 1.54) is 0 Å². The highest BCUT2D eigenvalue weighted by atomic mass is 32.2. The second-order valence-electron chi connectivity index (χ2n) is 2.97. The molecule has 13 heavy (non-hydrogen) atoms.